The van der Waals surface area contributed by atoms with Crippen molar-refractivity contribution in [3.8, 4) is 11.5 Å². The molecule has 0 radical (unpaired) electrons. The summed E-state index contributed by atoms with van der Waals surface area (Å²) in [5.41, 5.74) is 4.37. The van der Waals surface area contributed by atoms with E-state index in [9.17, 15) is 9.59 Å². The maximum atomic E-state index is 12.0. The van der Waals surface area contributed by atoms with Gasteiger partial charge in [0, 0.05) is 0 Å². The lowest BCUT2D eigenvalue weighted by Gasteiger charge is -2.08. The Hall–Kier alpha value is -4.13. The van der Waals surface area contributed by atoms with Crippen molar-refractivity contribution in [2.45, 2.75) is 6.61 Å². The van der Waals surface area contributed by atoms with Gasteiger partial charge in [0.1, 0.15) is 18.1 Å². The van der Waals surface area contributed by atoms with Crippen molar-refractivity contribution in [1.82, 2.24) is 5.43 Å². The molecule has 0 heterocycles. The van der Waals surface area contributed by atoms with Gasteiger partial charge < -0.3 is 14.8 Å². The number of amides is 2. The van der Waals surface area contributed by atoms with Crippen molar-refractivity contribution >= 4 is 23.7 Å². The Balaban J connectivity index is 1.53. The van der Waals surface area contributed by atoms with E-state index in [4.69, 9.17) is 9.47 Å². The molecule has 0 spiro atoms. The van der Waals surface area contributed by atoms with Crippen LogP contribution in [-0.4, -0.2) is 25.1 Å². The van der Waals surface area contributed by atoms with Gasteiger partial charge in [-0.3, -0.25) is 9.59 Å². The standard InChI is InChI=1S/C23H21N3O4/c1-29-21-13-6-5-12-20(21)25-22(27)23(28)26-24-15-18-10-7-11-19(14-18)30-16-17-8-3-2-4-9-17/h2-15H,16H2,1H3,(H,25,27)(H,26,28)/b24-15+. The van der Waals surface area contributed by atoms with Crippen molar-refractivity contribution < 1.29 is 19.1 Å². The molecule has 0 fully saturated rings. The topological polar surface area (TPSA) is 89.0 Å². The van der Waals surface area contributed by atoms with Crippen LogP contribution in [0.2, 0.25) is 0 Å². The van der Waals surface area contributed by atoms with E-state index < -0.39 is 11.8 Å². The number of anilines is 1. The summed E-state index contributed by atoms with van der Waals surface area (Å²) in [6.45, 7) is 0.446. The highest BCUT2D eigenvalue weighted by Crippen LogP contribution is 2.22. The second-order valence-electron chi connectivity index (χ2n) is 6.20. The lowest BCUT2D eigenvalue weighted by molar-refractivity contribution is -0.136. The summed E-state index contributed by atoms with van der Waals surface area (Å²) in [5.74, 6) is -0.622. The minimum Gasteiger partial charge on any atom is -0.495 e. The molecular formula is C23H21N3O4. The number of ether oxygens (including phenoxy) is 2. The van der Waals surface area contributed by atoms with Crippen LogP contribution in [0.1, 0.15) is 11.1 Å². The van der Waals surface area contributed by atoms with Crippen LogP contribution < -0.4 is 20.2 Å². The van der Waals surface area contributed by atoms with Gasteiger partial charge >= 0.3 is 11.8 Å². The van der Waals surface area contributed by atoms with E-state index in [1.54, 1.807) is 36.4 Å². The zero-order valence-corrected chi connectivity index (χ0v) is 16.4. The Morgan fingerprint density at radius 1 is 0.933 bits per heavy atom. The largest absolute Gasteiger partial charge is 0.495 e. The smallest absolute Gasteiger partial charge is 0.329 e. The SMILES string of the molecule is COc1ccccc1NC(=O)C(=O)N/N=C/c1cccc(OCc2ccccc2)c1. The lowest BCUT2D eigenvalue weighted by atomic mass is 10.2. The molecule has 0 aromatic heterocycles. The number of methoxy groups -OCH3 is 1. The lowest BCUT2D eigenvalue weighted by Crippen LogP contribution is -2.32. The first kappa shape index (κ1) is 20.6. The molecule has 2 amide bonds. The van der Waals surface area contributed by atoms with Crippen molar-refractivity contribution in [3.05, 3.63) is 90.0 Å². The predicted molar refractivity (Wildman–Crippen MR) is 115 cm³/mol. The average molecular weight is 403 g/mol. The highest BCUT2D eigenvalue weighted by Gasteiger charge is 2.14. The van der Waals surface area contributed by atoms with Gasteiger partial charge in [0.15, 0.2) is 0 Å². The molecule has 30 heavy (non-hydrogen) atoms. The molecule has 0 aliphatic heterocycles. The van der Waals surface area contributed by atoms with Gasteiger partial charge in [0.05, 0.1) is 19.0 Å². The molecule has 0 unspecified atom stereocenters. The molecule has 152 valence electrons. The highest BCUT2D eigenvalue weighted by atomic mass is 16.5. The van der Waals surface area contributed by atoms with Crippen LogP contribution in [0.5, 0.6) is 11.5 Å². The van der Waals surface area contributed by atoms with E-state index in [2.05, 4.69) is 15.8 Å². The number of nitrogens with zero attached hydrogens (tertiary/aromatic N) is 1. The number of hydrogen-bond donors (Lipinski definition) is 2. The van der Waals surface area contributed by atoms with Crippen molar-refractivity contribution in [3.63, 3.8) is 0 Å². The van der Waals surface area contributed by atoms with Crippen molar-refractivity contribution in [1.29, 1.82) is 0 Å². The van der Waals surface area contributed by atoms with Gasteiger partial charge in [-0.05, 0) is 35.4 Å². The van der Waals surface area contributed by atoms with E-state index in [0.717, 1.165) is 5.56 Å². The quantitative estimate of drug-likeness (QED) is 0.360. The summed E-state index contributed by atoms with van der Waals surface area (Å²) < 4.78 is 10.9. The van der Waals surface area contributed by atoms with E-state index >= 15 is 0 Å². The fraction of sp³-hybridized carbons (Fsp3) is 0.0870. The van der Waals surface area contributed by atoms with Crippen LogP contribution in [0.25, 0.3) is 0 Å². The third kappa shape index (κ3) is 5.93. The monoisotopic (exact) mass is 403 g/mol. The van der Waals surface area contributed by atoms with Crippen molar-refractivity contribution in [2.24, 2.45) is 5.10 Å². The Kier molecular flexibility index (Phi) is 7.16. The first-order valence-corrected chi connectivity index (χ1v) is 9.20. The summed E-state index contributed by atoms with van der Waals surface area (Å²) in [6, 6.07) is 23.9. The van der Waals surface area contributed by atoms with Crippen molar-refractivity contribution in [2.75, 3.05) is 12.4 Å². The second kappa shape index (κ2) is 10.4. The third-order valence-corrected chi connectivity index (χ3v) is 4.05. The number of benzene rings is 3. The Labute approximate surface area is 174 Å². The van der Waals surface area contributed by atoms with Gasteiger partial charge in [0.25, 0.3) is 0 Å². The van der Waals surface area contributed by atoms with Gasteiger partial charge in [-0.1, -0.05) is 54.6 Å². The van der Waals surface area contributed by atoms with E-state index in [0.29, 0.717) is 29.4 Å². The summed E-state index contributed by atoms with van der Waals surface area (Å²) >= 11 is 0. The fourth-order valence-electron chi connectivity index (χ4n) is 2.57. The van der Waals surface area contributed by atoms with E-state index in [1.807, 2.05) is 42.5 Å². The number of nitrogens with one attached hydrogen (secondary N) is 2. The molecule has 7 nitrogen and oxygen atoms in total. The molecule has 3 aromatic rings. The minimum absolute atomic E-state index is 0.396. The maximum absolute atomic E-state index is 12.0. The summed E-state index contributed by atoms with van der Waals surface area (Å²) in [7, 11) is 1.48. The molecule has 7 heteroatoms. The predicted octanol–water partition coefficient (Wildman–Crippen LogP) is 3.36. The normalized spacial score (nSPS) is 10.4. The number of rotatable bonds is 7. The molecule has 3 rings (SSSR count). The number of carbonyl (C=O) groups is 2. The summed E-state index contributed by atoms with van der Waals surface area (Å²) in [5, 5.41) is 6.32. The average Bonchev–Trinajstić information content (AvgIpc) is 2.79. The second-order valence-corrected chi connectivity index (χ2v) is 6.20. The zero-order valence-electron chi connectivity index (χ0n) is 16.4. The molecular weight excluding hydrogens is 382 g/mol. The number of carbonyl (C=O) groups excluding carboxylic acids is 2. The van der Waals surface area contributed by atoms with E-state index in [1.165, 1.54) is 13.3 Å². The van der Waals surface area contributed by atoms with Crippen LogP contribution in [-0.2, 0) is 16.2 Å². The first-order chi connectivity index (χ1) is 14.7. The molecule has 0 saturated heterocycles. The van der Waals surface area contributed by atoms with Crippen LogP contribution in [0.3, 0.4) is 0 Å². The molecule has 0 atom stereocenters. The fourth-order valence-corrected chi connectivity index (χ4v) is 2.57. The van der Waals surface area contributed by atoms with Gasteiger partial charge in [-0.15, -0.1) is 0 Å². The molecule has 2 N–H and O–H groups in total. The maximum Gasteiger partial charge on any atom is 0.329 e. The summed E-state index contributed by atoms with van der Waals surface area (Å²) in [4.78, 5) is 24.0. The zero-order chi connectivity index (χ0) is 21.2. The number of hydrogen-bond acceptors (Lipinski definition) is 5. The van der Waals surface area contributed by atoms with Gasteiger partial charge in [-0.25, -0.2) is 5.43 Å². The van der Waals surface area contributed by atoms with Crippen LogP contribution in [0.4, 0.5) is 5.69 Å². The Morgan fingerprint density at radius 2 is 1.70 bits per heavy atom. The van der Waals surface area contributed by atoms with Gasteiger partial charge in [0.2, 0.25) is 0 Å². The van der Waals surface area contributed by atoms with E-state index in [-0.39, 0.29) is 0 Å². The highest BCUT2D eigenvalue weighted by molar-refractivity contribution is 6.39. The Morgan fingerprint density at radius 3 is 2.50 bits per heavy atom. The van der Waals surface area contributed by atoms with Crippen LogP contribution in [0, 0.1) is 0 Å². The summed E-state index contributed by atoms with van der Waals surface area (Å²) in [6.07, 6.45) is 1.43. The molecule has 0 saturated carbocycles. The molecule has 0 aliphatic rings. The number of para-hydroxylation sites is 2. The number of hydrazone groups is 1. The molecule has 0 bridgehead atoms. The molecule has 3 aromatic carbocycles. The van der Waals surface area contributed by atoms with Crippen LogP contribution in [0.15, 0.2) is 84.0 Å². The molecule has 0 aliphatic carbocycles. The first-order valence-electron chi connectivity index (χ1n) is 9.20. The van der Waals surface area contributed by atoms with Crippen LogP contribution >= 0.6 is 0 Å². The van der Waals surface area contributed by atoms with Gasteiger partial charge in [-0.2, -0.15) is 5.10 Å². The minimum atomic E-state index is -0.895. The Bertz CT molecular complexity index is 1040. The third-order valence-electron chi connectivity index (χ3n) is 4.05.